The van der Waals surface area contributed by atoms with E-state index in [1.54, 1.807) is 11.3 Å². The van der Waals surface area contributed by atoms with E-state index < -0.39 is 5.92 Å². The third-order valence-corrected chi connectivity index (χ3v) is 8.09. The average molecular weight is 570 g/mol. The summed E-state index contributed by atoms with van der Waals surface area (Å²) in [5.74, 6) is 0.950. The molecule has 3 saturated heterocycles. The lowest BCUT2D eigenvalue weighted by molar-refractivity contribution is -0.939. The van der Waals surface area contributed by atoms with Crippen LogP contribution in [0.5, 0.6) is 11.5 Å². The SMILES string of the molecule is CCN1OC=CC1NC(=O)C[N+]12CCC(CC1)[C@@H](OC(=O)C1c3ccccc3Oc3ccccc31)C2.[Br-]. The van der Waals surface area contributed by atoms with Crippen molar-refractivity contribution in [3.8, 4) is 11.5 Å². The van der Waals surface area contributed by atoms with Gasteiger partial charge in [0.15, 0.2) is 12.6 Å². The van der Waals surface area contributed by atoms with Crippen molar-refractivity contribution in [3.05, 3.63) is 72.0 Å². The highest BCUT2D eigenvalue weighted by Gasteiger charge is 2.49. The topological polar surface area (TPSA) is 77.1 Å². The Labute approximate surface area is 227 Å². The number of para-hydroxylation sites is 2. The van der Waals surface area contributed by atoms with Gasteiger partial charge in [0.1, 0.15) is 36.4 Å². The minimum Gasteiger partial charge on any atom is -1.00 e. The molecule has 1 unspecified atom stereocenters. The monoisotopic (exact) mass is 569 g/mol. The lowest BCUT2D eigenvalue weighted by Gasteiger charge is -2.51. The fraction of sp³-hybridized carbons (Fsp3) is 0.429. The van der Waals surface area contributed by atoms with Crippen molar-refractivity contribution in [2.24, 2.45) is 5.92 Å². The zero-order chi connectivity index (χ0) is 24.7. The molecule has 5 aliphatic heterocycles. The van der Waals surface area contributed by atoms with E-state index in [-0.39, 0.29) is 41.1 Å². The number of amides is 1. The Balaban J connectivity index is 0.00000280. The second kappa shape index (κ2) is 10.5. The van der Waals surface area contributed by atoms with Crippen molar-refractivity contribution >= 4 is 11.9 Å². The molecule has 37 heavy (non-hydrogen) atoms. The van der Waals surface area contributed by atoms with Gasteiger partial charge >= 0.3 is 5.97 Å². The Hall–Kier alpha value is -2.88. The molecule has 196 valence electrons. The number of fused-ring (bicyclic) bond motifs is 5. The number of esters is 1. The van der Waals surface area contributed by atoms with Gasteiger partial charge in [-0.2, -0.15) is 0 Å². The summed E-state index contributed by atoms with van der Waals surface area (Å²) in [6.45, 7) is 5.58. The Bertz CT molecular complexity index is 1150. The highest BCUT2D eigenvalue weighted by molar-refractivity contribution is 5.85. The van der Waals surface area contributed by atoms with E-state index in [2.05, 4.69) is 5.32 Å². The van der Waals surface area contributed by atoms with Gasteiger partial charge in [-0.25, -0.2) is 0 Å². The summed E-state index contributed by atoms with van der Waals surface area (Å²) >= 11 is 0. The molecule has 7 rings (SSSR count). The van der Waals surface area contributed by atoms with Gasteiger partial charge in [-0.1, -0.05) is 36.4 Å². The summed E-state index contributed by atoms with van der Waals surface area (Å²) in [6.07, 6.45) is 4.93. The van der Waals surface area contributed by atoms with Crippen LogP contribution in [0, 0.1) is 5.92 Å². The molecule has 2 aromatic rings. The fourth-order valence-electron chi connectivity index (χ4n) is 6.21. The second-order valence-electron chi connectivity index (χ2n) is 10.2. The zero-order valence-electron chi connectivity index (χ0n) is 20.8. The standard InChI is InChI=1S/C28H31N3O5.BrH/c1-2-30-25(13-16-34-30)29-26(32)18-31-14-11-19(12-15-31)24(17-31)36-28(33)27-20-7-3-5-9-22(20)35-23-10-6-4-8-21(23)27;/h3-10,13,16,19,24-25,27H,2,11-12,14-15,17-18H2,1H3;1H/t19?,24-,25?,31?;/m0./s1. The predicted molar refractivity (Wildman–Crippen MR) is 132 cm³/mol. The molecule has 0 aromatic heterocycles. The van der Waals surface area contributed by atoms with E-state index in [1.165, 1.54) is 0 Å². The Kier molecular flexibility index (Phi) is 7.29. The van der Waals surface area contributed by atoms with Crippen molar-refractivity contribution in [2.75, 3.05) is 32.7 Å². The van der Waals surface area contributed by atoms with Crippen LogP contribution >= 0.6 is 0 Å². The van der Waals surface area contributed by atoms with E-state index in [4.69, 9.17) is 14.3 Å². The second-order valence-corrected chi connectivity index (χ2v) is 10.2. The lowest BCUT2D eigenvalue weighted by atomic mass is 9.82. The molecule has 0 aliphatic carbocycles. The highest BCUT2D eigenvalue weighted by atomic mass is 79.9. The normalized spacial score (nSPS) is 27.8. The number of hydrogen-bond donors (Lipinski definition) is 1. The van der Waals surface area contributed by atoms with Gasteiger partial charge in [-0.3, -0.25) is 9.59 Å². The molecule has 2 bridgehead atoms. The summed E-state index contributed by atoms with van der Waals surface area (Å²) in [5.41, 5.74) is 1.66. The fourth-order valence-corrected chi connectivity index (χ4v) is 6.21. The zero-order valence-corrected chi connectivity index (χ0v) is 22.4. The minimum atomic E-state index is -0.521. The third-order valence-electron chi connectivity index (χ3n) is 8.09. The quantitative estimate of drug-likeness (QED) is 0.398. The number of halogens is 1. The van der Waals surface area contributed by atoms with Crippen LogP contribution in [0.15, 0.2) is 60.9 Å². The minimum absolute atomic E-state index is 0. The number of ether oxygens (including phenoxy) is 2. The number of nitrogens with one attached hydrogen (secondary N) is 1. The molecule has 1 N–H and O–H groups in total. The van der Waals surface area contributed by atoms with Crippen LogP contribution in [0.4, 0.5) is 0 Å². The van der Waals surface area contributed by atoms with Crippen molar-refractivity contribution in [2.45, 2.75) is 38.0 Å². The van der Waals surface area contributed by atoms with Crippen LogP contribution in [0.25, 0.3) is 0 Å². The molecule has 5 aliphatic rings. The number of piperidine rings is 3. The number of nitrogens with zero attached hydrogens (tertiary/aromatic N) is 2. The molecule has 1 amide bonds. The number of benzene rings is 2. The van der Waals surface area contributed by atoms with Crippen LogP contribution in [-0.4, -0.2) is 66.4 Å². The Morgan fingerprint density at radius 1 is 1.05 bits per heavy atom. The molecule has 0 saturated carbocycles. The van der Waals surface area contributed by atoms with Crippen LogP contribution in [0.3, 0.4) is 0 Å². The van der Waals surface area contributed by atoms with E-state index in [0.29, 0.717) is 41.5 Å². The first-order valence-corrected chi connectivity index (χ1v) is 12.9. The molecule has 0 radical (unpaired) electrons. The molecule has 0 spiro atoms. The summed E-state index contributed by atoms with van der Waals surface area (Å²) in [4.78, 5) is 32.1. The molecule has 8 nitrogen and oxygen atoms in total. The first-order valence-electron chi connectivity index (χ1n) is 12.9. The number of hydroxylamine groups is 2. The third kappa shape index (κ3) is 4.87. The van der Waals surface area contributed by atoms with Crippen LogP contribution in [0.2, 0.25) is 0 Å². The average Bonchev–Trinajstić information content (AvgIpc) is 3.34. The van der Waals surface area contributed by atoms with Crippen molar-refractivity contribution in [1.29, 1.82) is 0 Å². The Morgan fingerprint density at radius 2 is 1.70 bits per heavy atom. The maximum absolute atomic E-state index is 13.7. The van der Waals surface area contributed by atoms with Gasteiger partial charge in [0.25, 0.3) is 5.91 Å². The molecule has 9 heteroatoms. The van der Waals surface area contributed by atoms with Crippen molar-refractivity contribution in [1.82, 2.24) is 10.4 Å². The molecule has 3 fully saturated rings. The first kappa shape index (κ1) is 25.8. The number of quaternary nitrogens is 1. The van der Waals surface area contributed by atoms with E-state index in [9.17, 15) is 9.59 Å². The molecular weight excluding hydrogens is 538 g/mol. The van der Waals surface area contributed by atoms with Crippen LogP contribution in [-0.2, 0) is 19.2 Å². The summed E-state index contributed by atoms with van der Waals surface area (Å²) < 4.78 is 13.0. The smallest absolute Gasteiger partial charge is 0.318 e. The van der Waals surface area contributed by atoms with E-state index in [1.807, 2.05) is 61.5 Å². The van der Waals surface area contributed by atoms with Crippen molar-refractivity contribution < 1.29 is 45.4 Å². The van der Waals surface area contributed by atoms with Gasteiger partial charge in [0, 0.05) is 36.4 Å². The van der Waals surface area contributed by atoms with Gasteiger partial charge in [0.05, 0.1) is 13.1 Å². The predicted octanol–water partition coefficient (Wildman–Crippen LogP) is 0.304. The van der Waals surface area contributed by atoms with Crippen LogP contribution < -0.4 is 27.0 Å². The Morgan fingerprint density at radius 3 is 2.35 bits per heavy atom. The molecule has 2 atom stereocenters. The number of carbonyl (C=O) groups is 2. The van der Waals surface area contributed by atoms with Gasteiger partial charge < -0.3 is 41.1 Å². The summed E-state index contributed by atoms with van der Waals surface area (Å²) in [7, 11) is 0. The van der Waals surface area contributed by atoms with Gasteiger partial charge in [-0.15, -0.1) is 5.06 Å². The largest absolute Gasteiger partial charge is 1.00 e. The van der Waals surface area contributed by atoms with Gasteiger partial charge in [-0.05, 0) is 25.1 Å². The highest BCUT2D eigenvalue weighted by Crippen LogP contribution is 2.45. The summed E-state index contributed by atoms with van der Waals surface area (Å²) in [5, 5.41) is 4.80. The molecular formula is C28H32BrN3O5. The van der Waals surface area contributed by atoms with Crippen LogP contribution in [0.1, 0.15) is 36.8 Å². The van der Waals surface area contributed by atoms with Gasteiger partial charge in [0.2, 0.25) is 0 Å². The molecule has 5 heterocycles. The maximum atomic E-state index is 13.7. The van der Waals surface area contributed by atoms with Crippen molar-refractivity contribution in [3.63, 3.8) is 0 Å². The maximum Gasteiger partial charge on any atom is 0.318 e. The summed E-state index contributed by atoms with van der Waals surface area (Å²) in [6, 6.07) is 15.3. The lowest BCUT2D eigenvalue weighted by Crippen LogP contribution is -3.00. The number of likely N-dealkylation sites (N-methyl/N-ethyl adjacent to an activating group) is 1. The number of carbonyl (C=O) groups excluding carboxylic acids is 2. The first-order chi connectivity index (χ1) is 17.5. The number of hydrogen-bond acceptors (Lipinski definition) is 6. The molecule has 2 aromatic carbocycles. The number of rotatable bonds is 6. The van der Waals surface area contributed by atoms with E-state index >= 15 is 0 Å². The van der Waals surface area contributed by atoms with E-state index in [0.717, 1.165) is 37.1 Å².